The van der Waals surface area contributed by atoms with E-state index in [2.05, 4.69) is 118 Å². The summed E-state index contributed by atoms with van der Waals surface area (Å²) in [6.45, 7) is 8.63. The summed E-state index contributed by atoms with van der Waals surface area (Å²) in [4.78, 5) is 10.8. The van der Waals surface area contributed by atoms with Gasteiger partial charge in [0, 0.05) is 0 Å². The zero-order chi connectivity index (χ0) is 21.0. The van der Waals surface area contributed by atoms with Gasteiger partial charge >= 0.3 is 0 Å². The molecule has 0 spiro atoms. The average Bonchev–Trinajstić information content (AvgIpc) is 2.72. The summed E-state index contributed by atoms with van der Waals surface area (Å²) < 4.78 is 0. The first-order chi connectivity index (χ1) is 13.8. The van der Waals surface area contributed by atoms with Gasteiger partial charge in [-0.25, -0.2) is 0 Å². The maximum atomic E-state index is 10.8. The maximum Gasteiger partial charge on any atom is 0.188 e. The third kappa shape index (κ3) is 4.72. The van der Waals surface area contributed by atoms with E-state index >= 15 is 0 Å². The van der Waals surface area contributed by atoms with Crippen molar-refractivity contribution in [2.24, 2.45) is 0 Å². The molecule has 0 aromatic heterocycles. The predicted octanol–water partition coefficient (Wildman–Crippen LogP) is 5.74. The highest BCUT2D eigenvalue weighted by Gasteiger charge is 2.46. The lowest BCUT2D eigenvalue weighted by Crippen LogP contribution is -2.39. The van der Waals surface area contributed by atoms with Crippen LogP contribution in [-0.4, -0.2) is 19.3 Å². The molecule has 1 nitrogen and oxygen atoms in total. The third-order valence-electron chi connectivity index (χ3n) is 6.54. The van der Waals surface area contributed by atoms with Gasteiger partial charge in [-0.05, 0) is 67.4 Å². The van der Waals surface area contributed by atoms with Gasteiger partial charge in [-0.1, -0.05) is 68.4 Å². The highest BCUT2D eigenvalue weighted by atomic mass is 31.2. The number of hydrogen-bond acceptors (Lipinski definition) is 1. The Kier molecular flexibility index (Phi) is 6.78. The van der Waals surface area contributed by atoms with E-state index in [4.69, 9.17) is 0 Å². The number of hydrogen-bond donors (Lipinski definition) is 1. The number of rotatable bonds is 8. The maximum absolute atomic E-state index is 10.8. The molecule has 0 unspecified atom stereocenters. The smallest absolute Gasteiger partial charge is 0.188 e. The van der Waals surface area contributed by atoms with Gasteiger partial charge in [-0.2, -0.15) is 0 Å². The lowest BCUT2D eigenvalue weighted by atomic mass is 10.1. The van der Waals surface area contributed by atoms with Crippen molar-refractivity contribution < 1.29 is 4.80 Å². The molecule has 0 radical (unpaired) electrons. The van der Waals surface area contributed by atoms with Gasteiger partial charge in [-0.15, -0.1) is 0 Å². The fraction of sp³-hybridized carbons (Fsp3) is 0.308. The molecule has 0 saturated heterocycles. The first-order valence-corrected chi connectivity index (χ1v) is 15.5. The third-order valence-corrected chi connectivity index (χ3v) is 14.6. The molecule has 3 aromatic carbocycles. The molecule has 0 aliphatic rings. The van der Waals surface area contributed by atoms with E-state index in [9.17, 15) is 4.80 Å². The fourth-order valence-electron chi connectivity index (χ4n) is 3.95. The number of benzene rings is 3. The molecule has 0 aliphatic heterocycles. The molecule has 3 rings (SSSR count). The second-order valence-corrected chi connectivity index (χ2v) is 17.2. The van der Waals surface area contributed by atoms with Crippen LogP contribution in [0.3, 0.4) is 0 Å². The summed E-state index contributed by atoms with van der Waals surface area (Å²) in [6.07, 6.45) is 3.28. The van der Waals surface area contributed by atoms with Crippen LogP contribution in [0.15, 0.2) is 91.0 Å². The summed E-state index contributed by atoms with van der Waals surface area (Å²) in [5.41, 5.74) is 0. The van der Waals surface area contributed by atoms with Crippen LogP contribution in [-0.2, 0) is 0 Å². The molecule has 3 aromatic rings. The Bertz CT molecular complexity index is 790. The van der Waals surface area contributed by atoms with Gasteiger partial charge in [0.05, 0.1) is 6.16 Å². The largest absolute Gasteiger partial charge is 0.432 e. The minimum Gasteiger partial charge on any atom is -0.432 e. The van der Waals surface area contributed by atoms with Crippen molar-refractivity contribution in [3.05, 3.63) is 91.0 Å². The van der Waals surface area contributed by atoms with Gasteiger partial charge in [0.15, 0.2) is 8.32 Å². The van der Waals surface area contributed by atoms with E-state index in [1.54, 1.807) is 0 Å². The Labute approximate surface area is 178 Å². The van der Waals surface area contributed by atoms with E-state index in [-0.39, 0.29) is 5.04 Å². The second-order valence-electron chi connectivity index (χ2n) is 9.09. The van der Waals surface area contributed by atoms with Crippen LogP contribution in [0.25, 0.3) is 0 Å². The molecule has 0 fully saturated rings. The van der Waals surface area contributed by atoms with Crippen molar-refractivity contribution >= 4 is 31.5 Å². The molecule has 1 N–H and O–H groups in total. The summed E-state index contributed by atoms with van der Waals surface area (Å²) in [7, 11) is -3.96. The van der Waals surface area contributed by atoms with Gasteiger partial charge < -0.3 is 4.80 Å². The molecular formula is C26H34OPSi+. The van der Waals surface area contributed by atoms with E-state index in [0.29, 0.717) is 0 Å². The Morgan fingerprint density at radius 1 is 0.690 bits per heavy atom. The van der Waals surface area contributed by atoms with Crippen LogP contribution in [0.5, 0.6) is 0 Å². The first-order valence-electron chi connectivity index (χ1n) is 10.5. The molecule has 0 saturated carbocycles. The van der Waals surface area contributed by atoms with Crippen molar-refractivity contribution in [3.8, 4) is 0 Å². The van der Waals surface area contributed by atoms with Crippen molar-refractivity contribution in [1.29, 1.82) is 0 Å². The van der Waals surface area contributed by atoms with Gasteiger partial charge in [-0.3, -0.25) is 0 Å². The van der Waals surface area contributed by atoms with Gasteiger partial charge in [0.25, 0.3) is 0 Å². The monoisotopic (exact) mass is 421 g/mol. The predicted molar refractivity (Wildman–Crippen MR) is 133 cm³/mol. The SMILES string of the molecule is CC(C)(CCC[P+](c1ccccc1)(c1ccccc1)c1ccccc1)[Si](C)(C)O. The van der Waals surface area contributed by atoms with Gasteiger partial charge in [0.1, 0.15) is 23.2 Å². The lowest BCUT2D eigenvalue weighted by Gasteiger charge is -2.36. The van der Waals surface area contributed by atoms with Gasteiger partial charge in [0.2, 0.25) is 0 Å². The molecule has 0 heterocycles. The normalized spacial score (nSPS) is 12.7. The molecule has 29 heavy (non-hydrogen) atoms. The molecule has 3 heteroatoms. The highest BCUT2D eigenvalue weighted by Crippen LogP contribution is 2.56. The van der Waals surface area contributed by atoms with E-state index in [1.807, 2.05) is 0 Å². The Morgan fingerprint density at radius 3 is 1.34 bits per heavy atom. The average molecular weight is 422 g/mol. The fourth-order valence-corrected chi connectivity index (χ4v) is 9.08. The van der Waals surface area contributed by atoms with E-state index in [1.165, 1.54) is 15.9 Å². The highest BCUT2D eigenvalue weighted by molar-refractivity contribution is 7.95. The standard InChI is InChI=1S/C26H34OPSi/c1-26(2,29(3,4)27)21-14-22-28(23-15-8-5-9-16-23,24-17-10-6-11-18-24)25-19-12-7-13-20-25/h5-13,15-20,27H,14,21-22H2,1-4H3/q+1. The zero-order valence-corrected chi connectivity index (χ0v) is 20.1. The summed E-state index contributed by atoms with van der Waals surface area (Å²) >= 11 is 0. The van der Waals surface area contributed by atoms with E-state index in [0.717, 1.165) is 19.0 Å². The van der Waals surface area contributed by atoms with Crippen LogP contribution in [0.4, 0.5) is 0 Å². The quantitative estimate of drug-likeness (QED) is 0.363. The molecule has 0 amide bonds. The molecule has 0 bridgehead atoms. The summed E-state index contributed by atoms with van der Waals surface area (Å²) in [6, 6.07) is 33.2. The molecular weight excluding hydrogens is 387 g/mol. The Morgan fingerprint density at radius 2 is 1.03 bits per heavy atom. The van der Waals surface area contributed by atoms with E-state index < -0.39 is 15.6 Å². The molecule has 0 aliphatic carbocycles. The summed E-state index contributed by atoms with van der Waals surface area (Å²) in [5, 5.41) is 4.33. The minimum absolute atomic E-state index is 0.00667. The summed E-state index contributed by atoms with van der Waals surface area (Å²) in [5.74, 6) is 0. The zero-order valence-electron chi connectivity index (χ0n) is 18.2. The lowest BCUT2D eigenvalue weighted by molar-refractivity contribution is 0.449. The topological polar surface area (TPSA) is 20.2 Å². The Balaban J connectivity index is 2.08. The van der Waals surface area contributed by atoms with Crippen LogP contribution in [0.2, 0.25) is 18.1 Å². The van der Waals surface area contributed by atoms with Crippen LogP contribution < -0.4 is 15.9 Å². The van der Waals surface area contributed by atoms with Crippen molar-refractivity contribution in [2.45, 2.75) is 44.8 Å². The van der Waals surface area contributed by atoms with Crippen molar-refractivity contribution in [1.82, 2.24) is 0 Å². The van der Waals surface area contributed by atoms with Crippen LogP contribution in [0, 0.1) is 0 Å². The minimum atomic E-state index is -2.21. The molecule has 152 valence electrons. The van der Waals surface area contributed by atoms with Crippen LogP contribution >= 0.6 is 7.26 Å². The van der Waals surface area contributed by atoms with Crippen molar-refractivity contribution in [3.63, 3.8) is 0 Å². The molecule has 0 atom stereocenters. The van der Waals surface area contributed by atoms with Crippen LogP contribution in [0.1, 0.15) is 26.7 Å². The second kappa shape index (κ2) is 8.96. The van der Waals surface area contributed by atoms with Crippen molar-refractivity contribution in [2.75, 3.05) is 6.16 Å². The first kappa shape index (κ1) is 22.0. The Hall–Kier alpha value is -1.73.